The lowest BCUT2D eigenvalue weighted by Crippen LogP contribution is -2.36. The number of benzene rings is 2. The molecule has 0 radical (unpaired) electrons. The number of ketones is 1. The van der Waals surface area contributed by atoms with Gasteiger partial charge in [0.1, 0.15) is 13.9 Å². The van der Waals surface area contributed by atoms with Crippen molar-refractivity contribution in [3.63, 3.8) is 0 Å². The molecule has 0 N–H and O–H groups in total. The van der Waals surface area contributed by atoms with E-state index in [1.807, 2.05) is 44.2 Å². The third-order valence-electron chi connectivity index (χ3n) is 7.85. The average Bonchev–Trinajstić information content (AvgIpc) is 3.47. The first-order chi connectivity index (χ1) is 19.9. The number of thioether (sulfide) groups is 1. The minimum Gasteiger partial charge on any atom is -0.297 e. The van der Waals surface area contributed by atoms with Crippen LogP contribution in [0.25, 0.3) is 11.0 Å². The number of Topliss-reactive ketones (excluding diaryl/α,β-unsaturated/α-hetero) is 1. The second-order valence-electron chi connectivity index (χ2n) is 11.8. The van der Waals surface area contributed by atoms with Crippen LogP contribution in [0.3, 0.4) is 0 Å². The molecule has 2 aromatic carbocycles. The molecular formula is C33H35N3O3S3. The maximum absolute atomic E-state index is 13.8. The van der Waals surface area contributed by atoms with E-state index in [0.29, 0.717) is 30.9 Å². The van der Waals surface area contributed by atoms with E-state index in [9.17, 15) is 14.4 Å². The van der Waals surface area contributed by atoms with Crippen molar-refractivity contribution < 1.29 is 9.59 Å². The highest BCUT2D eigenvalue weighted by molar-refractivity contribution is 8.30. The fourth-order valence-corrected chi connectivity index (χ4v) is 7.91. The lowest BCUT2D eigenvalue weighted by Gasteiger charge is -2.20. The molecule has 42 heavy (non-hydrogen) atoms. The Hall–Kier alpha value is -3.14. The number of amides is 1. The molecule has 5 rings (SSSR count). The smallest absolute Gasteiger partial charge is 0.269 e. The van der Waals surface area contributed by atoms with Crippen LogP contribution < -0.4 is 14.8 Å². The number of nitrogens with zero attached hydrogens (tertiary/aromatic N) is 3. The van der Waals surface area contributed by atoms with E-state index in [2.05, 4.69) is 50.9 Å². The van der Waals surface area contributed by atoms with Crippen LogP contribution >= 0.6 is 35.3 Å². The third kappa shape index (κ3) is 5.87. The fraction of sp³-hybridized carbons (Fsp3) is 0.364. The zero-order valence-corrected chi connectivity index (χ0v) is 27.3. The Morgan fingerprint density at radius 3 is 2.43 bits per heavy atom. The molecule has 6 nitrogen and oxygen atoms in total. The zero-order valence-electron chi connectivity index (χ0n) is 24.8. The molecular weight excluding hydrogens is 583 g/mol. The number of fused-ring (bicyclic) bond motifs is 1. The summed E-state index contributed by atoms with van der Waals surface area (Å²) in [4.78, 5) is 47.1. The van der Waals surface area contributed by atoms with Gasteiger partial charge in [-0.3, -0.25) is 28.8 Å². The highest BCUT2D eigenvalue weighted by Gasteiger charge is 2.34. The fourth-order valence-electron chi connectivity index (χ4n) is 5.27. The number of aliphatic imine (C=N–C) groups is 1. The molecule has 3 aromatic rings. The van der Waals surface area contributed by atoms with Gasteiger partial charge in [-0.25, -0.2) is 0 Å². The number of aromatic nitrogens is 1. The van der Waals surface area contributed by atoms with Crippen LogP contribution in [0.2, 0.25) is 0 Å². The lowest BCUT2D eigenvalue weighted by atomic mass is 9.81. The molecule has 0 bridgehead atoms. The molecule has 1 saturated heterocycles. The number of carbonyl (C=O) groups is 2. The van der Waals surface area contributed by atoms with Crippen LogP contribution in [-0.2, 0) is 34.4 Å². The van der Waals surface area contributed by atoms with Crippen molar-refractivity contribution in [2.75, 3.05) is 6.54 Å². The summed E-state index contributed by atoms with van der Waals surface area (Å²) in [6.07, 6.45) is 3.00. The Labute approximate surface area is 259 Å². The Morgan fingerprint density at radius 2 is 1.79 bits per heavy atom. The highest BCUT2D eigenvalue weighted by Crippen LogP contribution is 2.40. The lowest BCUT2D eigenvalue weighted by molar-refractivity contribution is -0.121. The van der Waals surface area contributed by atoms with Crippen molar-refractivity contribution in [1.82, 2.24) is 9.47 Å². The van der Waals surface area contributed by atoms with Crippen molar-refractivity contribution in [2.45, 2.75) is 66.3 Å². The topological polar surface area (TPSA) is 71.7 Å². The van der Waals surface area contributed by atoms with Gasteiger partial charge in [0.25, 0.3) is 11.5 Å². The molecule has 3 heterocycles. The summed E-state index contributed by atoms with van der Waals surface area (Å²) in [6.45, 7) is 12.8. The van der Waals surface area contributed by atoms with Gasteiger partial charge in [0.2, 0.25) is 0 Å². The molecule has 0 aliphatic carbocycles. The number of rotatable bonds is 8. The normalized spacial score (nSPS) is 17.8. The molecule has 2 aliphatic rings. The molecule has 1 fully saturated rings. The Morgan fingerprint density at radius 1 is 1.10 bits per heavy atom. The Bertz CT molecular complexity index is 1810. The Balaban J connectivity index is 1.52. The van der Waals surface area contributed by atoms with Gasteiger partial charge in [-0.1, -0.05) is 88.1 Å². The maximum Gasteiger partial charge on any atom is 0.269 e. The molecule has 0 unspecified atom stereocenters. The van der Waals surface area contributed by atoms with Crippen LogP contribution in [0.4, 0.5) is 5.69 Å². The van der Waals surface area contributed by atoms with Crippen molar-refractivity contribution in [2.24, 2.45) is 10.9 Å². The maximum atomic E-state index is 13.8. The van der Waals surface area contributed by atoms with Crippen LogP contribution in [-0.4, -0.2) is 37.7 Å². The van der Waals surface area contributed by atoms with Crippen LogP contribution in [0.1, 0.15) is 63.8 Å². The molecule has 0 saturated carbocycles. The second kappa shape index (κ2) is 11.9. The zero-order chi connectivity index (χ0) is 30.3. The molecule has 2 aliphatic heterocycles. The molecule has 0 spiro atoms. The summed E-state index contributed by atoms with van der Waals surface area (Å²) in [5, 5.41) is 0. The summed E-state index contributed by atoms with van der Waals surface area (Å²) < 4.78 is 2.87. The van der Waals surface area contributed by atoms with Crippen LogP contribution in [0.15, 0.2) is 52.3 Å². The van der Waals surface area contributed by atoms with Crippen molar-refractivity contribution >= 4 is 73.7 Å². The second-order valence-corrected chi connectivity index (χ2v) is 14.5. The number of carbonyl (C=O) groups excluding carboxylic acids is 2. The molecule has 218 valence electrons. The van der Waals surface area contributed by atoms with Gasteiger partial charge in [-0.2, -0.15) is 0 Å². The summed E-state index contributed by atoms with van der Waals surface area (Å²) in [5.74, 6) is 0.216. The quantitative estimate of drug-likeness (QED) is 0.328. The van der Waals surface area contributed by atoms with E-state index in [1.165, 1.54) is 38.1 Å². The van der Waals surface area contributed by atoms with Gasteiger partial charge >= 0.3 is 0 Å². The molecule has 0 atom stereocenters. The van der Waals surface area contributed by atoms with Crippen LogP contribution in [0, 0.1) is 5.92 Å². The number of hydrogen-bond acceptors (Lipinski definition) is 7. The SMILES string of the molecule is CCN1C(=O)/C(=c2\s/c(=C\c3ccc(CC(C)C)cc3)c(=O)n2CC(=O)Cc2ccc3c(c2)C(C)(C)C(C)=N3)SC1=S. The first-order valence-corrected chi connectivity index (χ1v) is 16.2. The molecule has 1 aromatic heterocycles. The predicted octanol–water partition coefficient (Wildman–Crippen LogP) is 5.12. The van der Waals surface area contributed by atoms with Crippen molar-refractivity contribution in [3.05, 3.63) is 84.3 Å². The van der Waals surface area contributed by atoms with E-state index in [4.69, 9.17) is 12.2 Å². The standard InChI is InChI=1S/C33H35N3O3S3/c1-7-35-30(39)28(42-32(35)40)31-36(29(38)27(41-31)17-22-10-8-21(9-11-22)14-19(2)3)18-24(37)15-23-12-13-26-25(16-23)33(5,6)20(4)34-26/h8-13,16-17,19H,7,14-15,18H2,1-6H3/b27-17-,31-28+. The number of hydrogen-bond donors (Lipinski definition) is 0. The van der Waals surface area contributed by atoms with Gasteiger partial charge < -0.3 is 0 Å². The summed E-state index contributed by atoms with van der Waals surface area (Å²) in [6, 6.07) is 14.1. The Kier molecular flexibility index (Phi) is 8.56. The predicted molar refractivity (Wildman–Crippen MR) is 178 cm³/mol. The summed E-state index contributed by atoms with van der Waals surface area (Å²) in [5.41, 5.74) is 5.63. The summed E-state index contributed by atoms with van der Waals surface area (Å²) in [7, 11) is 0. The largest absolute Gasteiger partial charge is 0.297 e. The summed E-state index contributed by atoms with van der Waals surface area (Å²) >= 11 is 7.87. The van der Waals surface area contributed by atoms with E-state index in [1.54, 1.807) is 0 Å². The highest BCUT2D eigenvalue weighted by atomic mass is 32.2. The minimum atomic E-state index is -0.282. The molecule has 9 heteroatoms. The monoisotopic (exact) mass is 617 g/mol. The van der Waals surface area contributed by atoms with Crippen LogP contribution in [0.5, 0.6) is 0 Å². The van der Waals surface area contributed by atoms with Gasteiger partial charge in [0.05, 0.1) is 16.8 Å². The minimum absolute atomic E-state index is 0.111. The van der Waals surface area contributed by atoms with E-state index < -0.39 is 0 Å². The van der Waals surface area contributed by atoms with Crippen molar-refractivity contribution in [1.29, 1.82) is 0 Å². The average molecular weight is 618 g/mol. The van der Waals surface area contributed by atoms with Gasteiger partial charge in [-0.15, -0.1) is 11.3 Å². The third-order valence-corrected chi connectivity index (χ3v) is 10.5. The number of thiazole rings is 1. The van der Waals surface area contributed by atoms with E-state index in [-0.39, 0.29) is 35.6 Å². The van der Waals surface area contributed by atoms with E-state index >= 15 is 0 Å². The van der Waals surface area contributed by atoms with Gasteiger partial charge in [0, 0.05) is 24.1 Å². The molecule has 1 amide bonds. The van der Waals surface area contributed by atoms with Crippen molar-refractivity contribution in [3.8, 4) is 0 Å². The van der Waals surface area contributed by atoms with E-state index in [0.717, 1.165) is 34.5 Å². The number of thiocarbonyl (C=S) groups is 1. The first-order valence-electron chi connectivity index (χ1n) is 14.2. The van der Waals surface area contributed by atoms with Gasteiger partial charge in [-0.05, 0) is 60.6 Å². The first kappa shape index (κ1) is 30.3. The van der Waals surface area contributed by atoms with Gasteiger partial charge in [0.15, 0.2) is 5.78 Å².